The van der Waals surface area contributed by atoms with Crippen LogP contribution in [0.2, 0.25) is 0 Å². The van der Waals surface area contributed by atoms with Crippen molar-refractivity contribution >= 4 is 10.0 Å². The molecule has 106 valence electrons. The van der Waals surface area contributed by atoms with Crippen LogP contribution >= 0.6 is 0 Å². The molecule has 0 aliphatic heterocycles. The van der Waals surface area contributed by atoms with Crippen LogP contribution in [-0.2, 0) is 16.6 Å². The van der Waals surface area contributed by atoms with Gasteiger partial charge in [0.2, 0.25) is 10.0 Å². The molecule has 0 saturated heterocycles. The Morgan fingerprint density at radius 1 is 1.10 bits per heavy atom. The van der Waals surface area contributed by atoms with Gasteiger partial charge in [-0.15, -0.1) is 0 Å². The van der Waals surface area contributed by atoms with E-state index in [1.165, 1.54) is 25.3 Å². The first kappa shape index (κ1) is 14.4. The van der Waals surface area contributed by atoms with Crippen LogP contribution in [0.4, 0.5) is 0 Å². The normalized spacial score (nSPS) is 11.2. The highest BCUT2D eigenvalue weighted by atomic mass is 32.2. The Morgan fingerprint density at radius 2 is 1.75 bits per heavy atom. The molecule has 0 aliphatic carbocycles. The predicted molar refractivity (Wildman–Crippen MR) is 75.1 cm³/mol. The van der Waals surface area contributed by atoms with Gasteiger partial charge in [0.1, 0.15) is 11.5 Å². The number of para-hydroxylation sites is 1. The summed E-state index contributed by atoms with van der Waals surface area (Å²) in [5, 5.41) is 9.59. The van der Waals surface area contributed by atoms with Gasteiger partial charge < -0.3 is 9.84 Å². The molecule has 0 heterocycles. The van der Waals surface area contributed by atoms with Crippen LogP contribution in [0, 0.1) is 0 Å². The Kier molecular flexibility index (Phi) is 4.26. The van der Waals surface area contributed by atoms with Crippen molar-refractivity contribution in [3.05, 3.63) is 54.1 Å². The molecule has 5 nitrogen and oxygen atoms in total. The summed E-state index contributed by atoms with van der Waals surface area (Å²) in [5.74, 6) is 0.648. The summed E-state index contributed by atoms with van der Waals surface area (Å²) in [6.45, 7) is 0.0288. The van der Waals surface area contributed by atoms with Crippen LogP contribution < -0.4 is 9.46 Å². The molecular formula is C14H15NO4S. The molecule has 0 unspecified atom stereocenters. The Bertz CT molecular complexity index is 681. The number of phenolic OH excluding ortho intramolecular Hbond substituents is 1. The van der Waals surface area contributed by atoms with Gasteiger partial charge in [-0.2, -0.15) is 0 Å². The Balaban J connectivity index is 2.13. The van der Waals surface area contributed by atoms with Crippen molar-refractivity contribution in [2.24, 2.45) is 0 Å². The van der Waals surface area contributed by atoms with E-state index in [1.54, 1.807) is 30.3 Å². The molecule has 0 aliphatic rings. The van der Waals surface area contributed by atoms with Crippen LogP contribution in [0.3, 0.4) is 0 Å². The summed E-state index contributed by atoms with van der Waals surface area (Å²) in [6, 6.07) is 12.7. The smallest absolute Gasteiger partial charge is 0.240 e. The topological polar surface area (TPSA) is 75.6 Å². The molecule has 0 aromatic heterocycles. The Morgan fingerprint density at radius 3 is 2.35 bits per heavy atom. The van der Waals surface area contributed by atoms with E-state index in [0.717, 1.165) is 0 Å². The highest BCUT2D eigenvalue weighted by molar-refractivity contribution is 7.89. The van der Waals surface area contributed by atoms with E-state index in [0.29, 0.717) is 11.3 Å². The van der Waals surface area contributed by atoms with Gasteiger partial charge in [-0.25, -0.2) is 13.1 Å². The second-order valence-electron chi connectivity index (χ2n) is 4.13. The van der Waals surface area contributed by atoms with E-state index in [9.17, 15) is 13.5 Å². The molecule has 0 atom stereocenters. The number of phenols is 1. The molecule has 20 heavy (non-hydrogen) atoms. The summed E-state index contributed by atoms with van der Waals surface area (Å²) < 4.78 is 31.6. The van der Waals surface area contributed by atoms with Gasteiger partial charge in [0.05, 0.1) is 12.0 Å². The van der Waals surface area contributed by atoms with Crippen molar-refractivity contribution in [3.8, 4) is 11.5 Å². The van der Waals surface area contributed by atoms with Crippen LogP contribution in [-0.4, -0.2) is 20.6 Å². The minimum absolute atomic E-state index is 0.0288. The average Bonchev–Trinajstić information content (AvgIpc) is 2.46. The zero-order chi connectivity index (χ0) is 14.6. The molecule has 0 radical (unpaired) electrons. The molecule has 0 spiro atoms. The number of ether oxygens (including phenoxy) is 1. The van der Waals surface area contributed by atoms with Crippen molar-refractivity contribution in [2.45, 2.75) is 11.4 Å². The number of nitrogens with one attached hydrogen (secondary N) is 1. The van der Waals surface area contributed by atoms with Gasteiger partial charge in [0.15, 0.2) is 0 Å². The number of aromatic hydroxyl groups is 1. The van der Waals surface area contributed by atoms with Gasteiger partial charge in [-0.1, -0.05) is 18.2 Å². The second kappa shape index (κ2) is 5.94. The molecule has 2 N–H and O–H groups in total. The van der Waals surface area contributed by atoms with E-state index in [4.69, 9.17) is 4.74 Å². The van der Waals surface area contributed by atoms with Gasteiger partial charge in [0.25, 0.3) is 0 Å². The van der Waals surface area contributed by atoms with Gasteiger partial charge in [0, 0.05) is 12.1 Å². The van der Waals surface area contributed by atoms with Crippen molar-refractivity contribution in [1.82, 2.24) is 4.72 Å². The second-order valence-corrected chi connectivity index (χ2v) is 5.90. The Hall–Kier alpha value is -2.05. The number of hydrogen-bond acceptors (Lipinski definition) is 4. The minimum atomic E-state index is -3.62. The number of hydrogen-bond donors (Lipinski definition) is 2. The van der Waals surface area contributed by atoms with Crippen LogP contribution in [0.1, 0.15) is 5.56 Å². The maximum Gasteiger partial charge on any atom is 0.240 e. The first-order chi connectivity index (χ1) is 9.53. The molecule has 0 amide bonds. The van der Waals surface area contributed by atoms with Gasteiger partial charge in [-0.3, -0.25) is 0 Å². The average molecular weight is 293 g/mol. The number of sulfonamides is 1. The number of rotatable bonds is 5. The fourth-order valence-corrected chi connectivity index (χ4v) is 2.68. The number of benzene rings is 2. The number of methoxy groups -OCH3 is 1. The predicted octanol–water partition coefficient (Wildman–Crippen LogP) is 1.88. The molecule has 6 heteroatoms. The summed E-state index contributed by atoms with van der Waals surface area (Å²) >= 11 is 0. The Labute approximate surface area is 117 Å². The summed E-state index contributed by atoms with van der Waals surface area (Å²) in [5.41, 5.74) is 0.518. The van der Waals surface area contributed by atoms with Crippen molar-refractivity contribution in [1.29, 1.82) is 0 Å². The van der Waals surface area contributed by atoms with Crippen LogP contribution in [0.5, 0.6) is 11.5 Å². The highest BCUT2D eigenvalue weighted by Crippen LogP contribution is 2.18. The molecule has 0 bridgehead atoms. The van der Waals surface area contributed by atoms with Gasteiger partial charge in [-0.05, 0) is 30.3 Å². The van der Waals surface area contributed by atoms with E-state index in [2.05, 4.69) is 4.72 Å². The van der Waals surface area contributed by atoms with E-state index in [1.807, 2.05) is 0 Å². The quantitative estimate of drug-likeness (QED) is 0.882. The standard InChI is InChI=1S/C14H15NO4S/c1-19-12-6-8-13(9-7-12)20(17,18)15-10-11-4-2-3-5-14(11)16/h2-9,15-16H,10H2,1H3. The molecular weight excluding hydrogens is 278 g/mol. The maximum atomic E-state index is 12.1. The first-order valence-electron chi connectivity index (χ1n) is 5.93. The lowest BCUT2D eigenvalue weighted by Crippen LogP contribution is -2.23. The van der Waals surface area contributed by atoms with Gasteiger partial charge >= 0.3 is 0 Å². The molecule has 2 aromatic carbocycles. The summed E-state index contributed by atoms with van der Waals surface area (Å²) in [4.78, 5) is 0.147. The summed E-state index contributed by atoms with van der Waals surface area (Å²) in [6.07, 6.45) is 0. The third kappa shape index (κ3) is 3.28. The molecule has 0 fully saturated rings. The molecule has 0 saturated carbocycles. The fourth-order valence-electron chi connectivity index (χ4n) is 1.67. The minimum Gasteiger partial charge on any atom is -0.508 e. The lowest BCUT2D eigenvalue weighted by Gasteiger charge is -2.08. The maximum absolute atomic E-state index is 12.1. The fraction of sp³-hybridized carbons (Fsp3) is 0.143. The largest absolute Gasteiger partial charge is 0.508 e. The van der Waals surface area contributed by atoms with E-state index in [-0.39, 0.29) is 17.2 Å². The highest BCUT2D eigenvalue weighted by Gasteiger charge is 2.14. The van der Waals surface area contributed by atoms with Crippen LogP contribution in [0.15, 0.2) is 53.4 Å². The van der Waals surface area contributed by atoms with Crippen molar-refractivity contribution in [2.75, 3.05) is 7.11 Å². The third-order valence-corrected chi connectivity index (χ3v) is 4.23. The van der Waals surface area contributed by atoms with Crippen LogP contribution in [0.25, 0.3) is 0 Å². The van der Waals surface area contributed by atoms with Crippen molar-refractivity contribution < 1.29 is 18.3 Å². The summed E-state index contributed by atoms with van der Waals surface area (Å²) in [7, 11) is -2.10. The third-order valence-electron chi connectivity index (χ3n) is 2.81. The zero-order valence-electron chi connectivity index (χ0n) is 10.9. The lowest BCUT2D eigenvalue weighted by molar-refractivity contribution is 0.414. The molecule has 2 rings (SSSR count). The lowest BCUT2D eigenvalue weighted by atomic mass is 10.2. The van der Waals surface area contributed by atoms with E-state index >= 15 is 0 Å². The SMILES string of the molecule is COc1ccc(S(=O)(=O)NCc2ccccc2O)cc1. The monoisotopic (exact) mass is 293 g/mol. The zero-order valence-corrected chi connectivity index (χ0v) is 11.7. The van der Waals surface area contributed by atoms with Crippen molar-refractivity contribution in [3.63, 3.8) is 0 Å². The first-order valence-corrected chi connectivity index (χ1v) is 7.42. The van der Waals surface area contributed by atoms with E-state index < -0.39 is 10.0 Å². The molecule has 2 aromatic rings.